The van der Waals surface area contributed by atoms with Crippen LogP contribution in [0.1, 0.15) is 12.5 Å². The topological polar surface area (TPSA) is 51.3 Å². The van der Waals surface area contributed by atoms with Crippen molar-refractivity contribution >= 4 is 16.9 Å². The average molecular weight is 323 g/mol. The number of fused-ring (bicyclic) bond motifs is 1. The molecule has 4 rings (SSSR count). The zero-order chi connectivity index (χ0) is 16.5. The van der Waals surface area contributed by atoms with Gasteiger partial charge in [-0.1, -0.05) is 12.1 Å². The summed E-state index contributed by atoms with van der Waals surface area (Å²) in [6.07, 6.45) is 3.55. The van der Waals surface area contributed by atoms with Crippen LogP contribution in [0.4, 0.5) is 5.82 Å². The molecule has 0 amide bonds. The first kappa shape index (κ1) is 15.1. The van der Waals surface area contributed by atoms with Crippen molar-refractivity contribution < 1.29 is 4.90 Å². The largest absolute Gasteiger partial charge is 0.345 e. The van der Waals surface area contributed by atoms with Gasteiger partial charge >= 0.3 is 0 Å². The maximum atomic E-state index is 4.58. The summed E-state index contributed by atoms with van der Waals surface area (Å²) < 4.78 is 1.90. The quantitative estimate of drug-likeness (QED) is 0.776. The van der Waals surface area contributed by atoms with E-state index in [4.69, 9.17) is 0 Å². The molecule has 1 saturated heterocycles. The minimum absolute atomic E-state index is 0.871. The second-order valence-electron chi connectivity index (χ2n) is 6.42. The van der Waals surface area contributed by atoms with Crippen LogP contribution in [0.5, 0.6) is 0 Å². The zero-order valence-electron chi connectivity index (χ0n) is 14.2. The summed E-state index contributed by atoms with van der Waals surface area (Å²) >= 11 is 0. The number of nitrogens with zero attached hydrogens (tertiary/aromatic N) is 5. The molecule has 0 radical (unpaired) electrons. The number of aryl methyl sites for hydroxylation is 1. The van der Waals surface area contributed by atoms with Gasteiger partial charge in [0, 0.05) is 0 Å². The summed E-state index contributed by atoms with van der Waals surface area (Å²) in [6, 6.07) is 8.32. The summed E-state index contributed by atoms with van der Waals surface area (Å²) in [5.41, 5.74) is 3.12. The highest BCUT2D eigenvalue weighted by Gasteiger charge is 2.22. The van der Waals surface area contributed by atoms with Gasteiger partial charge in [0.15, 0.2) is 5.65 Å². The molecule has 124 valence electrons. The molecule has 3 heterocycles. The van der Waals surface area contributed by atoms with Crippen LogP contribution in [-0.4, -0.2) is 52.5 Å². The lowest BCUT2D eigenvalue weighted by atomic mass is 10.2. The first-order valence-electron chi connectivity index (χ1n) is 8.60. The van der Waals surface area contributed by atoms with E-state index in [1.807, 2.05) is 16.9 Å². The van der Waals surface area contributed by atoms with Crippen molar-refractivity contribution in [2.24, 2.45) is 0 Å². The number of nitrogens with one attached hydrogen (secondary N) is 1. The molecule has 0 atom stereocenters. The van der Waals surface area contributed by atoms with Crippen molar-refractivity contribution in [3.8, 4) is 5.69 Å². The predicted molar refractivity (Wildman–Crippen MR) is 94.8 cm³/mol. The van der Waals surface area contributed by atoms with Gasteiger partial charge in [-0.05, 0) is 31.5 Å². The third-order valence-electron chi connectivity index (χ3n) is 4.86. The molecule has 0 bridgehead atoms. The maximum absolute atomic E-state index is 4.58. The van der Waals surface area contributed by atoms with Crippen LogP contribution in [0.25, 0.3) is 16.7 Å². The molecule has 6 heteroatoms. The van der Waals surface area contributed by atoms with Crippen molar-refractivity contribution in [3.05, 3.63) is 42.4 Å². The van der Waals surface area contributed by atoms with E-state index in [9.17, 15) is 0 Å². The van der Waals surface area contributed by atoms with Crippen LogP contribution in [0, 0.1) is 6.92 Å². The monoisotopic (exact) mass is 323 g/mol. The Labute approximate surface area is 141 Å². The average Bonchev–Trinajstić information content (AvgIpc) is 3.06. The standard InChI is InChI=1S/C18H22N6/c1-3-22-7-9-23(10-8-22)17-16-12-21-24(18(16)20-13-19-17)15-6-4-5-14(2)11-15/h4-6,11-13H,3,7-10H2,1-2H3/p+1. The van der Waals surface area contributed by atoms with Gasteiger partial charge in [-0.25, -0.2) is 14.6 Å². The molecule has 1 N–H and O–H groups in total. The maximum Gasteiger partial charge on any atom is 0.168 e. The first-order valence-corrected chi connectivity index (χ1v) is 8.60. The van der Waals surface area contributed by atoms with Crippen molar-refractivity contribution in [2.45, 2.75) is 13.8 Å². The molecule has 1 aromatic carbocycles. The molecule has 1 aliphatic rings. The van der Waals surface area contributed by atoms with Gasteiger partial charge in [0.2, 0.25) is 0 Å². The van der Waals surface area contributed by atoms with Crippen molar-refractivity contribution in [1.82, 2.24) is 19.7 Å². The van der Waals surface area contributed by atoms with Gasteiger partial charge in [-0.3, -0.25) is 0 Å². The molecule has 1 fully saturated rings. The molecule has 2 aromatic heterocycles. The Morgan fingerprint density at radius 2 is 2.00 bits per heavy atom. The van der Waals surface area contributed by atoms with E-state index in [0.29, 0.717) is 0 Å². The van der Waals surface area contributed by atoms with Gasteiger partial charge in [-0.2, -0.15) is 5.10 Å². The third-order valence-corrected chi connectivity index (χ3v) is 4.86. The number of rotatable bonds is 3. The minimum atomic E-state index is 0.871. The van der Waals surface area contributed by atoms with Crippen LogP contribution in [-0.2, 0) is 0 Å². The normalized spacial score (nSPS) is 16.0. The van der Waals surface area contributed by atoms with Crippen LogP contribution < -0.4 is 9.80 Å². The third kappa shape index (κ3) is 2.63. The fourth-order valence-electron chi connectivity index (χ4n) is 3.42. The van der Waals surface area contributed by atoms with E-state index in [2.05, 4.69) is 52.0 Å². The Balaban J connectivity index is 1.72. The van der Waals surface area contributed by atoms with Gasteiger partial charge in [0.25, 0.3) is 0 Å². The molecule has 0 saturated carbocycles. The van der Waals surface area contributed by atoms with Crippen LogP contribution in [0.2, 0.25) is 0 Å². The predicted octanol–water partition coefficient (Wildman–Crippen LogP) is 0.849. The highest BCUT2D eigenvalue weighted by molar-refractivity contribution is 5.87. The number of piperazine rings is 1. The number of likely N-dealkylation sites (N-methyl/N-ethyl adjacent to an activating group) is 1. The first-order chi connectivity index (χ1) is 11.8. The van der Waals surface area contributed by atoms with E-state index in [1.165, 1.54) is 12.1 Å². The van der Waals surface area contributed by atoms with Crippen LogP contribution in [0.3, 0.4) is 0 Å². The second kappa shape index (κ2) is 6.20. The number of benzene rings is 1. The Morgan fingerprint density at radius 3 is 2.75 bits per heavy atom. The molecule has 6 nitrogen and oxygen atoms in total. The number of hydrogen-bond acceptors (Lipinski definition) is 4. The number of anilines is 1. The smallest absolute Gasteiger partial charge is 0.168 e. The minimum Gasteiger partial charge on any atom is -0.345 e. The molecule has 1 aliphatic heterocycles. The molecule has 0 spiro atoms. The number of hydrogen-bond donors (Lipinski definition) is 1. The van der Waals surface area contributed by atoms with Crippen molar-refractivity contribution in [2.75, 3.05) is 37.6 Å². The lowest BCUT2D eigenvalue weighted by Crippen LogP contribution is -3.14. The lowest BCUT2D eigenvalue weighted by molar-refractivity contribution is -0.898. The van der Waals surface area contributed by atoms with E-state index < -0.39 is 0 Å². The van der Waals surface area contributed by atoms with Crippen LogP contribution >= 0.6 is 0 Å². The number of quaternary nitrogens is 1. The molecular weight excluding hydrogens is 300 g/mol. The van der Waals surface area contributed by atoms with Gasteiger partial charge in [-0.15, -0.1) is 0 Å². The van der Waals surface area contributed by atoms with E-state index >= 15 is 0 Å². The number of aromatic nitrogens is 4. The van der Waals surface area contributed by atoms with Crippen molar-refractivity contribution in [1.29, 1.82) is 0 Å². The van der Waals surface area contributed by atoms with E-state index in [1.54, 1.807) is 11.2 Å². The van der Waals surface area contributed by atoms with Gasteiger partial charge < -0.3 is 9.80 Å². The molecule has 24 heavy (non-hydrogen) atoms. The van der Waals surface area contributed by atoms with Gasteiger partial charge in [0.1, 0.15) is 12.1 Å². The lowest BCUT2D eigenvalue weighted by Gasteiger charge is -2.32. The molecule has 0 aliphatic carbocycles. The molecular formula is C18H23N6+. The zero-order valence-corrected chi connectivity index (χ0v) is 14.2. The molecule has 3 aromatic rings. The molecule has 0 unspecified atom stereocenters. The highest BCUT2D eigenvalue weighted by Crippen LogP contribution is 2.24. The van der Waals surface area contributed by atoms with Crippen LogP contribution in [0.15, 0.2) is 36.8 Å². The van der Waals surface area contributed by atoms with E-state index in [-0.39, 0.29) is 0 Å². The fourth-order valence-corrected chi connectivity index (χ4v) is 3.42. The van der Waals surface area contributed by atoms with E-state index in [0.717, 1.165) is 48.7 Å². The Bertz CT molecular complexity index is 848. The van der Waals surface area contributed by atoms with Gasteiger partial charge in [0.05, 0.1) is 50.0 Å². The Kier molecular flexibility index (Phi) is 3.90. The fraction of sp³-hybridized carbons (Fsp3) is 0.389. The highest BCUT2D eigenvalue weighted by atomic mass is 15.3. The second-order valence-corrected chi connectivity index (χ2v) is 6.42. The summed E-state index contributed by atoms with van der Waals surface area (Å²) in [5, 5.41) is 5.60. The summed E-state index contributed by atoms with van der Waals surface area (Å²) in [7, 11) is 0. The SMILES string of the molecule is CC[NH+]1CCN(c2ncnc3c2cnn3-c2cccc(C)c2)CC1. The van der Waals surface area contributed by atoms with Crippen molar-refractivity contribution in [3.63, 3.8) is 0 Å². The summed E-state index contributed by atoms with van der Waals surface area (Å²) in [5.74, 6) is 1.01. The summed E-state index contributed by atoms with van der Waals surface area (Å²) in [4.78, 5) is 13.1. The summed E-state index contributed by atoms with van der Waals surface area (Å²) in [6.45, 7) is 9.92. The Hall–Kier alpha value is -2.47. The Morgan fingerprint density at radius 1 is 1.17 bits per heavy atom.